The maximum atomic E-state index is 14.3. The highest BCUT2D eigenvalue weighted by Gasteiger charge is 2.23. The highest BCUT2D eigenvalue weighted by Crippen LogP contribution is 2.24. The first-order valence-corrected chi connectivity index (χ1v) is 11.4. The van der Waals surface area contributed by atoms with E-state index >= 15 is 0 Å². The van der Waals surface area contributed by atoms with Crippen LogP contribution in [0.3, 0.4) is 0 Å². The lowest BCUT2D eigenvalue weighted by molar-refractivity contribution is -0.130. The van der Waals surface area contributed by atoms with E-state index in [9.17, 15) is 14.0 Å². The molecule has 0 bridgehead atoms. The monoisotopic (exact) mass is 444 g/mol. The molecule has 0 saturated carbocycles. The van der Waals surface area contributed by atoms with Crippen molar-refractivity contribution in [3.63, 3.8) is 0 Å². The van der Waals surface area contributed by atoms with Crippen LogP contribution in [0.5, 0.6) is 0 Å². The summed E-state index contributed by atoms with van der Waals surface area (Å²) in [4.78, 5) is 28.6. The van der Waals surface area contributed by atoms with Gasteiger partial charge in [-0.25, -0.2) is 4.39 Å². The van der Waals surface area contributed by atoms with E-state index < -0.39 is 5.82 Å². The van der Waals surface area contributed by atoms with Crippen molar-refractivity contribution in [2.45, 2.75) is 37.3 Å². The Morgan fingerprint density at radius 3 is 2.48 bits per heavy atom. The highest BCUT2D eigenvalue weighted by molar-refractivity contribution is 8.00. The molecule has 0 aromatic heterocycles. The number of ketones is 1. The summed E-state index contributed by atoms with van der Waals surface area (Å²) in [5.74, 6) is -0.601. The number of amides is 1. The van der Waals surface area contributed by atoms with Gasteiger partial charge in [0.2, 0.25) is 5.91 Å². The number of hydrogen-bond donors (Lipinski definition) is 0. The van der Waals surface area contributed by atoms with Gasteiger partial charge < -0.3 is 14.5 Å². The summed E-state index contributed by atoms with van der Waals surface area (Å²) in [6.07, 6.45) is 1.99. The maximum absolute atomic E-state index is 14.3. The van der Waals surface area contributed by atoms with Crippen molar-refractivity contribution in [3.8, 4) is 0 Å². The van der Waals surface area contributed by atoms with E-state index in [0.717, 1.165) is 42.5 Å². The summed E-state index contributed by atoms with van der Waals surface area (Å²) in [6, 6.07) is 12.5. The number of anilines is 1. The minimum absolute atomic E-state index is 0.0431. The molecule has 1 aliphatic rings. The Kier molecular flexibility index (Phi) is 8.09. The van der Waals surface area contributed by atoms with Gasteiger partial charge in [-0.1, -0.05) is 18.2 Å². The molecule has 1 amide bonds. The fourth-order valence-electron chi connectivity index (χ4n) is 3.48. The number of ether oxygens (including phenoxy) is 1. The number of hydrogen-bond acceptors (Lipinski definition) is 5. The molecule has 0 N–H and O–H groups in total. The molecule has 31 heavy (non-hydrogen) atoms. The molecule has 5 nitrogen and oxygen atoms in total. The highest BCUT2D eigenvalue weighted by atomic mass is 32.2. The molecule has 1 saturated heterocycles. The van der Waals surface area contributed by atoms with Crippen LogP contribution in [-0.4, -0.2) is 55.7 Å². The molecular formula is C24H29FN2O3S. The number of halogens is 1. The number of thioether (sulfide) groups is 1. The molecule has 0 spiro atoms. The summed E-state index contributed by atoms with van der Waals surface area (Å²) >= 11 is 1.15. The van der Waals surface area contributed by atoms with E-state index in [1.165, 1.54) is 13.0 Å². The number of carbonyl (C=O) groups excluding carboxylic acids is 2. The van der Waals surface area contributed by atoms with Crippen molar-refractivity contribution < 1.29 is 18.7 Å². The van der Waals surface area contributed by atoms with Gasteiger partial charge in [0.05, 0.1) is 11.9 Å². The lowest BCUT2D eigenvalue weighted by Gasteiger charge is -2.26. The number of carbonyl (C=O) groups is 2. The number of Topliss-reactive ketones (excluding diaryl/α,β-unsaturated/α-hetero) is 1. The average Bonchev–Trinajstić information content (AvgIpc) is 3.25. The Labute approximate surface area is 187 Å². The van der Waals surface area contributed by atoms with Crippen LogP contribution in [0.2, 0.25) is 0 Å². The van der Waals surface area contributed by atoms with Crippen molar-refractivity contribution in [2.24, 2.45) is 0 Å². The van der Waals surface area contributed by atoms with Crippen LogP contribution in [0, 0.1) is 5.82 Å². The molecule has 166 valence electrons. The Morgan fingerprint density at radius 2 is 1.90 bits per heavy atom. The Bertz CT molecular complexity index is 912. The van der Waals surface area contributed by atoms with E-state index in [1.807, 2.05) is 43.3 Å². The molecule has 1 unspecified atom stereocenters. The first-order valence-electron chi connectivity index (χ1n) is 10.4. The smallest absolute Gasteiger partial charge is 0.233 e. The number of nitrogens with zero attached hydrogens (tertiary/aromatic N) is 2. The third kappa shape index (κ3) is 6.55. The zero-order valence-electron chi connectivity index (χ0n) is 18.3. The molecule has 0 aliphatic carbocycles. The first kappa shape index (κ1) is 23.3. The van der Waals surface area contributed by atoms with Crippen LogP contribution in [0.1, 0.15) is 35.7 Å². The summed E-state index contributed by atoms with van der Waals surface area (Å²) in [7, 11) is 3.98. The van der Waals surface area contributed by atoms with Crippen molar-refractivity contribution in [1.82, 2.24) is 4.90 Å². The zero-order chi connectivity index (χ0) is 22.4. The fraction of sp³-hybridized carbons (Fsp3) is 0.417. The molecule has 1 aliphatic heterocycles. The van der Waals surface area contributed by atoms with E-state index in [-0.39, 0.29) is 23.5 Å². The SMILES string of the molecule is CC(=O)c1ccc(SCC(=O)N(Cc2ccc(N(C)C)cc2)CC2CCCO2)c(F)c1. The third-order valence-corrected chi connectivity index (χ3v) is 6.35. The van der Waals surface area contributed by atoms with Gasteiger partial charge in [-0.3, -0.25) is 9.59 Å². The first-order chi connectivity index (χ1) is 14.8. The molecule has 2 aromatic carbocycles. The summed E-state index contributed by atoms with van der Waals surface area (Å²) < 4.78 is 20.1. The largest absolute Gasteiger partial charge is 0.378 e. The van der Waals surface area contributed by atoms with Crippen molar-refractivity contribution in [2.75, 3.05) is 37.9 Å². The minimum Gasteiger partial charge on any atom is -0.378 e. The van der Waals surface area contributed by atoms with Crippen LogP contribution in [0.25, 0.3) is 0 Å². The molecule has 7 heteroatoms. The normalized spacial score (nSPS) is 15.7. The van der Waals surface area contributed by atoms with Crippen molar-refractivity contribution in [3.05, 3.63) is 59.4 Å². The Balaban J connectivity index is 1.67. The van der Waals surface area contributed by atoms with Gasteiger partial charge in [0.1, 0.15) is 5.82 Å². The minimum atomic E-state index is -0.476. The molecule has 1 fully saturated rings. The zero-order valence-corrected chi connectivity index (χ0v) is 19.1. The van der Waals surface area contributed by atoms with Gasteiger partial charge in [0.15, 0.2) is 5.78 Å². The molecule has 1 atom stereocenters. The van der Waals surface area contributed by atoms with Gasteiger partial charge in [0.25, 0.3) is 0 Å². The van der Waals surface area contributed by atoms with E-state index in [4.69, 9.17) is 4.74 Å². The lowest BCUT2D eigenvalue weighted by atomic mass is 10.1. The van der Waals surface area contributed by atoms with Gasteiger partial charge in [-0.15, -0.1) is 11.8 Å². The molecular weight excluding hydrogens is 415 g/mol. The Hall–Kier alpha value is -2.38. The summed E-state index contributed by atoms with van der Waals surface area (Å²) in [5.41, 5.74) is 2.47. The standard InChI is InChI=1S/C24H29FN2O3S/c1-17(28)19-8-11-23(22(25)13-19)31-16-24(29)27(15-21-5-4-12-30-21)14-18-6-9-20(10-7-18)26(2)3/h6-11,13,21H,4-5,12,14-16H2,1-3H3. The average molecular weight is 445 g/mol. The van der Waals surface area contributed by atoms with Crippen molar-refractivity contribution in [1.29, 1.82) is 0 Å². The molecule has 2 aromatic rings. The van der Waals surface area contributed by atoms with Crippen LogP contribution in [-0.2, 0) is 16.1 Å². The molecule has 3 rings (SSSR count). The van der Waals surface area contributed by atoms with Gasteiger partial charge in [-0.05, 0) is 49.6 Å². The van der Waals surface area contributed by atoms with Crippen LogP contribution < -0.4 is 4.90 Å². The van der Waals surface area contributed by atoms with E-state index in [2.05, 4.69) is 0 Å². The van der Waals surface area contributed by atoms with Crippen LogP contribution in [0.4, 0.5) is 10.1 Å². The Morgan fingerprint density at radius 1 is 1.16 bits per heavy atom. The van der Waals surface area contributed by atoms with E-state index in [0.29, 0.717) is 23.5 Å². The van der Waals surface area contributed by atoms with Crippen LogP contribution in [0.15, 0.2) is 47.4 Å². The molecule has 1 heterocycles. The number of benzene rings is 2. The van der Waals surface area contributed by atoms with Crippen molar-refractivity contribution >= 4 is 29.1 Å². The fourth-order valence-corrected chi connectivity index (χ4v) is 4.30. The quantitative estimate of drug-likeness (QED) is 0.424. The van der Waals surface area contributed by atoms with Gasteiger partial charge >= 0.3 is 0 Å². The molecule has 0 radical (unpaired) electrons. The second-order valence-electron chi connectivity index (χ2n) is 7.96. The maximum Gasteiger partial charge on any atom is 0.233 e. The van der Waals surface area contributed by atoms with Crippen LogP contribution >= 0.6 is 11.8 Å². The lowest BCUT2D eigenvalue weighted by Crippen LogP contribution is -2.38. The van der Waals surface area contributed by atoms with Gasteiger partial charge in [0, 0.05) is 49.9 Å². The topological polar surface area (TPSA) is 49.9 Å². The van der Waals surface area contributed by atoms with E-state index in [1.54, 1.807) is 17.0 Å². The third-order valence-electron chi connectivity index (χ3n) is 5.32. The predicted octanol–water partition coefficient (Wildman–Crippen LogP) is 4.39. The summed E-state index contributed by atoms with van der Waals surface area (Å²) in [5, 5.41) is 0. The van der Waals surface area contributed by atoms with Gasteiger partial charge in [-0.2, -0.15) is 0 Å². The second-order valence-corrected chi connectivity index (χ2v) is 8.98. The summed E-state index contributed by atoms with van der Waals surface area (Å²) in [6.45, 7) is 3.14. The predicted molar refractivity (Wildman–Crippen MR) is 122 cm³/mol. The number of rotatable bonds is 9. The second kappa shape index (κ2) is 10.8.